The Bertz CT molecular complexity index is 742. The number of terminal acetylenes is 1. The van der Waals surface area contributed by atoms with Crippen molar-refractivity contribution in [2.24, 2.45) is 4.99 Å². The van der Waals surface area contributed by atoms with E-state index in [1.807, 2.05) is 70.7 Å². The van der Waals surface area contributed by atoms with E-state index in [-0.39, 0.29) is 0 Å². The van der Waals surface area contributed by atoms with Crippen LogP contribution in [0.5, 0.6) is 0 Å². The molecule has 0 bridgehead atoms. The second-order valence-electron chi connectivity index (χ2n) is 8.08. The third-order valence-electron chi connectivity index (χ3n) is 4.54. The van der Waals surface area contributed by atoms with Crippen molar-refractivity contribution < 1.29 is 14.0 Å². The van der Waals surface area contributed by atoms with Gasteiger partial charge in [-0.3, -0.25) is 4.99 Å². The standard InChI is InChI=1S/C20H27NO3Si/c1-9-20(24-25(6,7)8,16-13-11-10-12-14-16)19(5)17(22)23-18(3,4)15(2)21-19/h1,10-14H,2-8H3. The van der Waals surface area contributed by atoms with Gasteiger partial charge in [0.2, 0.25) is 0 Å². The summed E-state index contributed by atoms with van der Waals surface area (Å²) in [7, 11) is -2.13. The average molecular weight is 358 g/mol. The maximum atomic E-state index is 13.1. The number of hydrogen-bond acceptors (Lipinski definition) is 4. The molecule has 0 spiro atoms. The number of carbonyl (C=O) groups is 1. The molecular formula is C20H27NO3Si. The van der Waals surface area contributed by atoms with Crippen LogP contribution >= 0.6 is 0 Å². The number of hydrogen-bond donors (Lipinski definition) is 0. The summed E-state index contributed by atoms with van der Waals surface area (Å²) in [6.07, 6.45) is 6.01. The molecule has 2 unspecified atom stereocenters. The van der Waals surface area contributed by atoms with E-state index in [1.54, 1.807) is 6.92 Å². The summed E-state index contributed by atoms with van der Waals surface area (Å²) in [4.78, 5) is 17.8. The number of esters is 1. The van der Waals surface area contributed by atoms with Crippen molar-refractivity contribution in [1.82, 2.24) is 0 Å². The number of ether oxygens (including phenoxy) is 1. The van der Waals surface area contributed by atoms with E-state index in [4.69, 9.17) is 20.6 Å². The second-order valence-corrected chi connectivity index (χ2v) is 12.5. The molecule has 0 saturated carbocycles. The summed E-state index contributed by atoms with van der Waals surface area (Å²) < 4.78 is 12.2. The third kappa shape index (κ3) is 3.29. The van der Waals surface area contributed by atoms with Gasteiger partial charge >= 0.3 is 5.97 Å². The predicted octanol–water partition coefficient (Wildman–Crippen LogP) is 3.92. The van der Waals surface area contributed by atoms with Crippen molar-refractivity contribution >= 4 is 20.0 Å². The topological polar surface area (TPSA) is 47.9 Å². The lowest BCUT2D eigenvalue weighted by Crippen LogP contribution is -2.63. The number of nitrogens with zero attached hydrogens (tertiary/aromatic N) is 1. The Hall–Kier alpha value is -1.90. The Balaban J connectivity index is 2.78. The second kappa shape index (κ2) is 6.12. The van der Waals surface area contributed by atoms with Crippen LogP contribution in [0.15, 0.2) is 35.3 Å². The normalized spacial score (nSPS) is 25.4. The van der Waals surface area contributed by atoms with E-state index < -0.39 is 31.0 Å². The largest absolute Gasteiger partial charge is 0.452 e. The van der Waals surface area contributed by atoms with Crippen LogP contribution in [0, 0.1) is 12.3 Å². The fourth-order valence-electron chi connectivity index (χ4n) is 2.97. The molecule has 0 radical (unpaired) electrons. The van der Waals surface area contributed by atoms with Crippen LogP contribution in [0.1, 0.15) is 33.3 Å². The van der Waals surface area contributed by atoms with Gasteiger partial charge in [0.1, 0.15) is 5.60 Å². The lowest BCUT2D eigenvalue weighted by Gasteiger charge is -2.48. The van der Waals surface area contributed by atoms with Crippen LogP contribution in [0.25, 0.3) is 0 Å². The van der Waals surface area contributed by atoms with E-state index in [0.29, 0.717) is 5.71 Å². The Morgan fingerprint density at radius 1 is 1.20 bits per heavy atom. The molecule has 1 aromatic rings. The van der Waals surface area contributed by atoms with Crippen molar-refractivity contribution in [1.29, 1.82) is 0 Å². The fraction of sp³-hybridized carbons (Fsp3) is 0.500. The Kier molecular flexibility index (Phi) is 4.75. The highest BCUT2D eigenvalue weighted by molar-refractivity contribution is 6.69. The number of cyclic esters (lactones) is 1. The van der Waals surface area contributed by atoms with Gasteiger partial charge in [-0.25, -0.2) is 4.79 Å². The van der Waals surface area contributed by atoms with Gasteiger partial charge in [-0.05, 0) is 52.9 Å². The minimum absolute atomic E-state index is 0.469. The van der Waals surface area contributed by atoms with E-state index in [0.717, 1.165) is 5.56 Å². The first-order chi connectivity index (χ1) is 11.4. The molecule has 0 aliphatic carbocycles. The molecule has 1 heterocycles. The molecule has 1 aromatic carbocycles. The molecule has 2 rings (SSSR count). The van der Waals surface area contributed by atoms with Crippen molar-refractivity contribution in [3.63, 3.8) is 0 Å². The zero-order valence-electron chi connectivity index (χ0n) is 16.1. The highest BCUT2D eigenvalue weighted by Crippen LogP contribution is 2.45. The average Bonchev–Trinajstić information content (AvgIpc) is 2.50. The van der Waals surface area contributed by atoms with Gasteiger partial charge in [-0.15, -0.1) is 6.42 Å². The summed E-state index contributed by atoms with van der Waals surface area (Å²) in [5, 5.41) is 0. The van der Waals surface area contributed by atoms with Gasteiger partial charge in [-0.1, -0.05) is 36.3 Å². The number of benzene rings is 1. The molecule has 0 N–H and O–H groups in total. The van der Waals surface area contributed by atoms with Crippen LogP contribution in [0.3, 0.4) is 0 Å². The van der Waals surface area contributed by atoms with Crippen molar-refractivity contribution in [3.05, 3.63) is 35.9 Å². The quantitative estimate of drug-likeness (QED) is 0.466. The van der Waals surface area contributed by atoms with Gasteiger partial charge in [0.25, 0.3) is 0 Å². The van der Waals surface area contributed by atoms with Gasteiger partial charge in [0, 0.05) is 0 Å². The molecule has 1 aliphatic heterocycles. The molecular weight excluding hydrogens is 330 g/mol. The van der Waals surface area contributed by atoms with Gasteiger partial charge in [0.15, 0.2) is 19.5 Å². The maximum Gasteiger partial charge on any atom is 0.339 e. The van der Waals surface area contributed by atoms with E-state index >= 15 is 0 Å². The first-order valence-electron chi connectivity index (χ1n) is 8.42. The first-order valence-corrected chi connectivity index (χ1v) is 11.8. The summed E-state index contributed by atoms with van der Waals surface area (Å²) in [5.41, 5.74) is -2.00. The predicted molar refractivity (Wildman–Crippen MR) is 103 cm³/mol. The lowest BCUT2D eigenvalue weighted by atomic mass is 9.75. The van der Waals surface area contributed by atoms with Crippen molar-refractivity contribution in [2.75, 3.05) is 0 Å². The van der Waals surface area contributed by atoms with E-state index in [2.05, 4.69) is 5.92 Å². The maximum absolute atomic E-state index is 13.1. The number of aliphatic imine (C=N–C) groups is 1. The Morgan fingerprint density at radius 2 is 1.76 bits per heavy atom. The Morgan fingerprint density at radius 3 is 2.24 bits per heavy atom. The third-order valence-corrected chi connectivity index (χ3v) is 5.45. The van der Waals surface area contributed by atoms with Crippen LogP contribution in [0.2, 0.25) is 19.6 Å². The van der Waals surface area contributed by atoms with Crippen LogP contribution in [-0.2, 0) is 19.6 Å². The molecule has 0 fully saturated rings. The summed E-state index contributed by atoms with van der Waals surface area (Å²) >= 11 is 0. The zero-order valence-corrected chi connectivity index (χ0v) is 17.1. The summed E-state index contributed by atoms with van der Waals surface area (Å²) in [6, 6.07) is 9.42. The van der Waals surface area contributed by atoms with E-state index in [1.165, 1.54) is 0 Å². The smallest absolute Gasteiger partial charge is 0.339 e. The lowest BCUT2D eigenvalue weighted by molar-refractivity contribution is -0.167. The van der Waals surface area contributed by atoms with Crippen molar-refractivity contribution in [2.45, 2.75) is 64.1 Å². The minimum Gasteiger partial charge on any atom is -0.452 e. The van der Waals surface area contributed by atoms with Gasteiger partial charge in [-0.2, -0.15) is 0 Å². The minimum atomic E-state index is -2.13. The molecule has 0 saturated heterocycles. The van der Waals surface area contributed by atoms with Crippen LogP contribution in [0.4, 0.5) is 0 Å². The summed E-state index contributed by atoms with van der Waals surface area (Å²) in [5.74, 6) is 2.31. The SMILES string of the molecule is C#CC(O[Si](C)(C)C)(c1ccccc1)C1(C)N=C(C)C(C)(C)OC1=O. The number of rotatable bonds is 4. The van der Waals surface area contributed by atoms with E-state index in [9.17, 15) is 4.79 Å². The van der Waals surface area contributed by atoms with Crippen LogP contribution < -0.4 is 0 Å². The number of carbonyl (C=O) groups excluding carboxylic acids is 1. The molecule has 4 nitrogen and oxygen atoms in total. The highest BCUT2D eigenvalue weighted by Gasteiger charge is 2.60. The van der Waals surface area contributed by atoms with Gasteiger partial charge in [0.05, 0.1) is 5.71 Å². The molecule has 25 heavy (non-hydrogen) atoms. The highest BCUT2D eigenvalue weighted by atomic mass is 28.4. The fourth-order valence-corrected chi connectivity index (χ4v) is 4.26. The Labute approximate surface area is 151 Å². The van der Waals surface area contributed by atoms with Crippen LogP contribution in [-0.4, -0.2) is 31.1 Å². The zero-order chi connectivity index (χ0) is 19.1. The molecule has 0 amide bonds. The molecule has 5 heteroatoms. The molecule has 134 valence electrons. The molecule has 0 aromatic heterocycles. The molecule has 2 atom stereocenters. The molecule has 1 aliphatic rings. The van der Waals surface area contributed by atoms with Crippen molar-refractivity contribution in [3.8, 4) is 12.3 Å². The monoisotopic (exact) mass is 357 g/mol. The first kappa shape index (κ1) is 19.4. The summed E-state index contributed by atoms with van der Waals surface area (Å²) in [6.45, 7) is 13.3. The van der Waals surface area contributed by atoms with Gasteiger partial charge < -0.3 is 9.16 Å².